The maximum Gasteiger partial charge on any atom is 0.253 e. The monoisotopic (exact) mass is 513 g/mol. The van der Waals surface area contributed by atoms with Gasteiger partial charge in [-0.3, -0.25) is 9.69 Å². The second-order valence-corrected chi connectivity index (χ2v) is 10.3. The van der Waals surface area contributed by atoms with Crippen LogP contribution in [0.1, 0.15) is 45.6 Å². The number of hydrogen-bond donors (Lipinski definition) is 0. The summed E-state index contributed by atoms with van der Waals surface area (Å²) in [5.41, 5.74) is 8.99. The molecule has 4 aromatic rings. The summed E-state index contributed by atoms with van der Waals surface area (Å²) in [6, 6.07) is 21.9. The normalized spacial score (nSPS) is 15.8. The van der Waals surface area contributed by atoms with Gasteiger partial charge in [-0.15, -0.1) is 0 Å². The highest BCUT2D eigenvalue weighted by molar-refractivity contribution is 5.94. The zero-order valence-electron chi connectivity index (χ0n) is 22.2. The summed E-state index contributed by atoms with van der Waals surface area (Å²) in [7, 11) is 0. The first kappa shape index (κ1) is 24.8. The first-order valence-corrected chi connectivity index (χ1v) is 13.6. The maximum absolute atomic E-state index is 13.1. The molecule has 2 aromatic heterocycles. The highest BCUT2D eigenvalue weighted by atomic mass is 16.2. The number of nitriles is 1. The molecular formula is C33H31N5O. The van der Waals surface area contributed by atoms with Gasteiger partial charge >= 0.3 is 0 Å². The number of carbonyl (C=O) groups excluding carboxylic acids is 1. The molecule has 0 atom stereocenters. The number of amides is 1. The summed E-state index contributed by atoms with van der Waals surface area (Å²) in [6.07, 6.45) is 11.1. The molecule has 0 radical (unpaired) electrons. The van der Waals surface area contributed by atoms with E-state index in [4.69, 9.17) is 4.98 Å². The van der Waals surface area contributed by atoms with Crippen molar-refractivity contribution in [2.45, 2.75) is 26.3 Å². The lowest BCUT2D eigenvalue weighted by molar-refractivity contribution is 0.0627. The van der Waals surface area contributed by atoms with Gasteiger partial charge in [0.2, 0.25) is 0 Å². The molecule has 1 saturated heterocycles. The summed E-state index contributed by atoms with van der Waals surface area (Å²) in [5, 5.41) is 9.20. The van der Waals surface area contributed by atoms with E-state index in [1.165, 1.54) is 16.7 Å². The van der Waals surface area contributed by atoms with E-state index in [-0.39, 0.29) is 5.91 Å². The fourth-order valence-electron chi connectivity index (χ4n) is 5.41. The Balaban J connectivity index is 1.27. The Hall–Kier alpha value is -4.47. The minimum atomic E-state index is -0.0136. The highest BCUT2D eigenvalue weighted by Crippen LogP contribution is 2.29. The Morgan fingerprint density at radius 1 is 0.974 bits per heavy atom. The molecule has 0 saturated carbocycles. The summed E-state index contributed by atoms with van der Waals surface area (Å²) < 4.78 is 2.25. The third-order valence-corrected chi connectivity index (χ3v) is 7.64. The first-order chi connectivity index (χ1) is 19.1. The van der Waals surface area contributed by atoms with Gasteiger partial charge in [-0.1, -0.05) is 54.1 Å². The average Bonchev–Trinajstić information content (AvgIpc) is 3.35. The van der Waals surface area contributed by atoms with E-state index in [1.807, 2.05) is 4.90 Å². The molecule has 6 heteroatoms. The van der Waals surface area contributed by atoms with Crippen molar-refractivity contribution in [3.63, 3.8) is 0 Å². The van der Waals surface area contributed by atoms with Crippen molar-refractivity contribution in [3.8, 4) is 17.3 Å². The van der Waals surface area contributed by atoms with Crippen LogP contribution in [0.15, 0.2) is 85.1 Å². The molecule has 3 heterocycles. The molecule has 39 heavy (non-hydrogen) atoms. The van der Waals surface area contributed by atoms with Gasteiger partial charge in [0.15, 0.2) is 0 Å². The fraction of sp³-hybridized carbons (Fsp3) is 0.242. The van der Waals surface area contributed by atoms with E-state index in [9.17, 15) is 10.1 Å². The smallest absolute Gasteiger partial charge is 0.253 e. The van der Waals surface area contributed by atoms with Crippen LogP contribution in [-0.4, -0.2) is 51.3 Å². The van der Waals surface area contributed by atoms with E-state index >= 15 is 0 Å². The van der Waals surface area contributed by atoms with E-state index in [2.05, 4.69) is 83.1 Å². The van der Waals surface area contributed by atoms with Crippen LogP contribution in [0.2, 0.25) is 0 Å². The van der Waals surface area contributed by atoms with Crippen molar-refractivity contribution in [3.05, 3.63) is 113 Å². The molecule has 1 fully saturated rings. The van der Waals surface area contributed by atoms with E-state index in [0.29, 0.717) is 24.2 Å². The number of pyridine rings is 1. The van der Waals surface area contributed by atoms with Crippen molar-refractivity contribution in [2.24, 2.45) is 0 Å². The number of aryl methyl sites for hydroxylation is 1. The second kappa shape index (κ2) is 10.7. The number of aromatic nitrogens is 2. The summed E-state index contributed by atoms with van der Waals surface area (Å²) in [6.45, 7) is 5.69. The lowest BCUT2D eigenvalue weighted by Crippen LogP contribution is -2.48. The van der Waals surface area contributed by atoms with Crippen LogP contribution in [0.25, 0.3) is 22.5 Å². The van der Waals surface area contributed by atoms with Crippen molar-refractivity contribution in [1.29, 1.82) is 5.26 Å². The standard InChI is InChI=1S/C33H31N5O/c1-24-10-12-27(13-11-24)32-30(38-22-29(14-15-31(38)35-32)26-7-3-2-4-8-26)23-36-16-18-37(19-17-36)33(39)28-9-5-6-25(20-28)21-34/h3,5-15,20,22H,2,4,16-19,23H2,1H3. The molecule has 2 aromatic carbocycles. The van der Waals surface area contributed by atoms with Gasteiger partial charge in [-0.05, 0) is 61.2 Å². The Morgan fingerprint density at radius 2 is 1.77 bits per heavy atom. The van der Waals surface area contributed by atoms with Gasteiger partial charge in [0.1, 0.15) is 5.65 Å². The van der Waals surface area contributed by atoms with E-state index in [0.717, 1.165) is 55.1 Å². The van der Waals surface area contributed by atoms with Crippen LogP contribution in [0, 0.1) is 18.3 Å². The van der Waals surface area contributed by atoms with Gasteiger partial charge in [-0.25, -0.2) is 4.98 Å². The fourth-order valence-corrected chi connectivity index (χ4v) is 5.41. The van der Waals surface area contributed by atoms with Crippen molar-refractivity contribution >= 4 is 17.1 Å². The topological polar surface area (TPSA) is 64.6 Å². The average molecular weight is 514 g/mol. The van der Waals surface area contributed by atoms with E-state index < -0.39 is 0 Å². The third kappa shape index (κ3) is 5.14. The number of allylic oxidation sites excluding steroid dienone is 4. The molecule has 6 rings (SSSR count). The number of rotatable bonds is 5. The van der Waals surface area contributed by atoms with Gasteiger partial charge in [0.05, 0.1) is 23.0 Å². The first-order valence-electron chi connectivity index (χ1n) is 13.6. The van der Waals surface area contributed by atoms with Gasteiger partial charge in [0.25, 0.3) is 5.91 Å². The largest absolute Gasteiger partial charge is 0.336 e. The van der Waals surface area contributed by atoms with Crippen molar-refractivity contribution in [2.75, 3.05) is 26.2 Å². The number of carbonyl (C=O) groups is 1. The molecule has 2 aliphatic rings. The summed E-state index contributed by atoms with van der Waals surface area (Å²) >= 11 is 0. The molecule has 0 bridgehead atoms. The molecule has 1 aliphatic heterocycles. The van der Waals surface area contributed by atoms with E-state index in [1.54, 1.807) is 24.3 Å². The Morgan fingerprint density at radius 3 is 2.51 bits per heavy atom. The minimum Gasteiger partial charge on any atom is -0.336 e. The zero-order chi connectivity index (χ0) is 26.8. The lowest BCUT2D eigenvalue weighted by Gasteiger charge is -2.34. The zero-order valence-corrected chi connectivity index (χ0v) is 22.2. The van der Waals surface area contributed by atoms with Crippen LogP contribution in [0.4, 0.5) is 0 Å². The molecule has 0 spiro atoms. The molecule has 0 N–H and O–H groups in total. The summed E-state index contributed by atoms with van der Waals surface area (Å²) in [4.78, 5) is 22.5. The molecule has 194 valence electrons. The Kier molecular flexibility index (Phi) is 6.83. The molecule has 6 nitrogen and oxygen atoms in total. The number of nitrogens with zero attached hydrogens (tertiary/aromatic N) is 5. The van der Waals surface area contributed by atoms with Crippen LogP contribution < -0.4 is 0 Å². The maximum atomic E-state index is 13.1. The van der Waals surface area contributed by atoms with Crippen LogP contribution in [0.3, 0.4) is 0 Å². The quantitative estimate of drug-likeness (QED) is 0.335. The van der Waals surface area contributed by atoms with Crippen LogP contribution >= 0.6 is 0 Å². The predicted molar refractivity (Wildman–Crippen MR) is 154 cm³/mol. The van der Waals surface area contributed by atoms with Crippen LogP contribution in [0.5, 0.6) is 0 Å². The number of benzene rings is 2. The summed E-state index contributed by atoms with van der Waals surface area (Å²) in [5.74, 6) is -0.0136. The Labute approximate surface area is 229 Å². The minimum absolute atomic E-state index is 0.0136. The highest BCUT2D eigenvalue weighted by Gasteiger charge is 2.25. The molecule has 1 aliphatic carbocycles. The third-order valence-electron chi connectivity index (χ3n) is 7.64. The number of hydrogen-bond acceptors (Lipinski definition) is 4. The van der Waals surface area contributed by atoms with Gasteiger partial charge in [-0.2, -0.15) is 5.26 Å². The lowest BCUT2D eigenvalue weighted by atomic mass is 10.0. The SMILES string of the molecule is Cc1ccc(-c2nc3ccc(C4=CCCC=C4)cn3c2CN2CCN(C(=O)c3cccc(C#N)c3)CC2)cc1. The van der Waals surface area contributed by atoms with Gasteiger partial charge in [0, 0.05) is 50.0 Å². The number of imidazole rings is 1. The second-order valence-electron chi connectivity index (χ2n) is 10.3. The molecule has 1 amide bonds. The molecular weight excluding hydrogens is 482 g/mol. The number of fused-ring (bicyclic) bond motifs is 1. The van der Waals surface area contributed by atoms with Gasteiger partial charge < -0.3 is 9.30 Å². The Bertz CT molecular complexity index is 1630. The number of piperazine rings is 1. The predicted octanol–water partition coefficient (Wildman–Crippen LogP) is 5.87. The molecule has 0 unspecified atom stereocenters. The van der Waals surface area contributed by atoms with Crippen LogP contribution in [-0.2, 0) is 6.54 Å². The van der Waals surface area contributed by atoms with Crippen molar-refractivity contribution in [1.82, 2.24) is 19.2 Å². The van der Waals surface area contributed by atoms with Crippen molar-refractivity contribution < 1.29 is 4.79 Å².